The molecule has 0 atom stereocenters. The maximum atomic E-state index is 11.8. The zero-order chi connectivity index (χ0) is 14.7. The monoisotopic (exact) mass is 293 g/mol. The highest BCUT2D eigenvalue weighted by molar-refractivity contribution is 6.29. The fourth-order valence-corrected chi connectivity index (χ4v) is 2.21. The molecule has 2 rings (SSSR count). The van der Waals surface area contributed by atoms with Crippen molar-refractivity contribution in [2.75, 3.05) is 0 Å². The van der Waals surface area contributed by atoms with Crippen LogP contribution < -0.4 is 5.56 Å². The fraction of sp³-hybridized carbons (Fsp3) is 0.231. The second-order valence-electron chi connectivity index (χ2n) is 4.25. The minimum absolute atomic E-state index is 0.0557. The van der Waals surface area contributed by atoms with Gasteiger partial charge < -0.3 is 0 Å². The van der Waals surface area contributed by atoms with Crippen LogP contribution in [-0.2, 0) is 13.0 Å². The zero-order valence-corrected chi connectivity index (χ0v) is 11.5. The molecule has 1 heterocycles. The van der Waals surface area contributed by atoms with Gasteiger partial charge in [-0.1, -0.05) is 29.8 Å². The van der Waals surface area contributed by atoms with Gasteiger partial charge in [0.15, 0.2) is 0 Å². The van der Waals surface area contributed by atoms with Crippen LogP contribution >= 0.6 is 11.6 Å². The Morgan fingerprint density at radius 3 is 2.75 bits per heavy atom. The van der Waals surface area contributed by atoms with Gasteiger partial charge in [0.05, 0.1) is 4.92 Å². The first-order valence-corrected chi connectivity index (χ1v) is 6.33. The number of rotatable bonds is 4. The molecule has 0 aliphatic carbocycles. The maximum Gasteiger partial charge on any atom is 0.272 e. The minimum atomic E-state index is -0.426. The molecule has 0 unspecified atom stereocenters. The molecular weight excluding hydrogens is 282 g/mol. The van der Waals surface area contributed by atoms with E-state index in [-0.39, 0.29) is 16.4 Å². The molecule has 0 radical (unpaired) electrons. The average molecular weight is 294 g/mol. The summed E-state index contributed by atoms with van der Waals surface area (Å²) in [5.74, 6) is 0.487. The molecule has 0 spiro atoms. The standard InChI is InChI=1S/C13H12ClN3O3/c1-9-15-12(14)8-13(18)16(9)7-6-10-4-2-3-5-11(10)17(19)20/h2-5,8H,6-7H2,1H3. The molecule has 0 aliphatic heterocycles. The molecule has 0 aliphatic rings. The molecule has 104 valence electrons. The molecule has 1 aromatic heterocycles. The highest BCUT2D eigenvalue weighted by Gasteiger charge is 2.13. The normalized spacial score (nSPS) is 10.5. The Kier molecular flexibility index (Phi) is 4.14. The van der Waals surface area contributed by atoms with Crippen molar-refractivity contribution in [2.45, 2.75) is 19.9 Å². The van der Waals surface area contributed by atoms with Crippen LogP contribution in [0.15, 0.2) is 35.1 Å². The van der Waals surface area contributed by atoms with E-state index in [1.165, 1.54) is 16.7 Å². The van der Waals surface area contributed by atoms with Gasteiger partial charge in [-0.25, -0.2) is 4.98 Å². The first-order chi connectivity index (χ1) is 9.49. The first-order valence-electron chi connectivity index (χ1n) is 5.95. The van der Waals surface area contributed by atoms with Crippen molar-refractivity contribution in [2.24, 2.45) is 0 Å². The number of aromatic nitrogens is 2. The van der Waals surface area contributed by atoms with Gasteiger partial charge in [-0.15, -0.1) is 0 Å². The number of hydrogen-bond acceptors (Lipinski definition) is 4. The lowest BCUT2D eigenvalue weighted by Gasteiger charge is -2.09. The number of benzene rings is 1. The predicted molar refractivity (Wildman–Crippen MR) is 75.0 cm³/mol. The lowest BCUT2D eigenvalue weighted by molar-refractivity contribution is -0.385. The van der Waals surface area contributed by atoms with Gasteiger partial charge in [-0.2, -0.15) is 0 Å². The van der Waals surface area contributed by atoms with E-state index in [1.807, 2.05) is 0 Å². The van der Waals surface area contributed by atoms with Gasteiger partial charge in [0, 0.05) is 24.2 Å². The molecule has 1 aromatic carbocycles. The van der Waals surface area contributed by atoms with Crippen LogP contribution in [0.25, 0.3) is 0 Å². The first kappa shape index (κ1) is 14.2. The lowest BCUT2D eigenvalue weighted by atomic mass is 10.1. The van der Waals surface area contributed by atoms with Crippen LogP contribution in [0.3, 0.4) is 0 Å². The van der Waals surface area contributed by atoms with E-state index in [2.05, 4.69) is 4.98 Å². The Morgan fingerprint density at radius 1 is 1.40 bits per heavy atom. The third kappa shape index (κ3) is 3.03. The number of para-hydroxylation sites is 1. The Labute approximate surface area is 119 Å². The van der Waals surface area contributed by atoms with Crippen molar-refractivity contribution in [3.05, 3.63) is 67.3 Å². The smallest absolute Gasteiger partial charge is 0.272 e. The van der Waals surface area contributed by atoms with E-state index in [0.717, 1.165) is 0 Å². The number of halogens is 1. The van der Waals surface area contributed by atoms with Crippen LogP contribution in [0, 0.1) is 17.0 Å². The number of hydrogen-bond donors (Lipinski definition) is 0. The van der Waals surface area contributed by atoms with Crippen molar-refractivity contribution in [1.82, 2.24) is 9.55 Å². The molecule has 20 heavy (non-hydrogen) atoms. The summed E-state index contributed by atoms with van der Waals surface area (Å²) in [6.07, 6.45) is 0.376. The molecule has 0 saturated carbocycles. The summed E-state index contributed by atoms with van der Waals surface area (Å²) >= 11 is 5.69. The van der Waals surface area contributed by atoms with Crippen LogP contribution in [0.2, 0.25) is 5.15 Å². The summed E-state index contributed by atoms with van der Waals surface area (Å²) in [6.45, 7) is 1.99. The van der Waals surface area contributed by atoms with Gasteiger partial charge in [0.1, 0.15) is 11.0 Å². The van der Waals surface area contributed by atoms with Gasteiger partial charge in [-0.05, 0) is 13.3 Å². The SMILES string of the molecule is Cc1nc(Cl)cc(=O)n1CCc1ccccc1[N+](=O)[O-]. The van der Waals surface area contributed by atoms with Gasteiger partial charge >= 0.3 is 0 Å². The van der Waals surface area contributed by atoms with Gasteiger partial charge in [0.25, 0.3) is 11.2 Å². The van der Waals surface area contributed by atoms with Crippen molar-refractivity contribution in [3.8, 4) is 0 Å². The molecule has 0 N–H and O–H groups in total. The molecule has 6 nitrogen and oxygen atoms in total. The highest BCUT2D eigenvalue weighted by atomic mass is 35.5. The summed E-state index contributed by atoms with van der Waals surface area (Å²) in [5.41, 5.74) is 0.375. The van der Waals surface area contributed by atoms with E-state index in [1.54, 1.807) is 25.1 Å². The second kappa shape index (κ2) is 5.83. The van der Waals surface area contributed by atoms with Crippen molar-refractivity contribution >= 4 is 17.3 Å². The average Bonchev–Trinajstić information content (AvgIpc) is 2.37. The highest BCUT2D eigenvalue weighted by Crippen LogP contribution is 2.18. The topological polar surface area (TPSA) is 78.0 Å². The fourth-order valence-electron chi connectivity index (χ4n) is 1.99. The van der Waals surface area contributed by atoms with Crippen molar-refractivity contribution < 1.29 is 4.92 Å². The van der Waals surface area contributed by atoms with E-state index in [0.29, 0.717) is 24.4 Å². The van der Waals surface area contributed by atoms with E-state index in [4.69, 9.17) is 11.6 Å². The zero-order valence-electron chi connectivity index (χ0n) is 10.7. The Hall–Kier alpha value is -2.21. The van der Waals surface area contributed by atoms with Crippen LogP contribution in [0.5, 0.6) is 0 Å². The summed E-state index contributed by atoms with van der Waals surface area (Å²) in [5, 5.41) is 11.1. The number of nitrogens with zero attached hydrogens (tertiary/aromatic N) is 3. The summed E-state index contributed by atoms with van der Waals surface area (Å²) in [7, 11) is 0. The van der Waals surface area contributed by atoms with Crippen molar-refractivity contribution in [3.63, 3.8) is 0 Å². The summed E-state index contributed by atoms with van der Waals surface area (Å²) < 4.78 is 1.45. The minimum Gasteiger partial charge on any atom is -0.296 e. The molecule has 2 aromatic rings. The lowest BCUT2D eigenvalue weighted by Crippen LogP contribution is -2.24. The maximum absolute atomic E-state index is 11.8. The van der Waals surface area contributed by atoms with E-state index in [9.17, 15) is 14.9 Å². The quantitative estimate of drug-likeness (QED) is 0.492. The number of nitro groups is 1. The molecular formula is C13H12ClN3O3. The van der Waals surface area contributed by atoms with Crippen LogP contribution in [0.1, 0.15) is 11.4 Å². The second-order valence-corrected chi connectivity index (χ2v) is 4.64. The third-order valence-corrected chi connectivity index (χ3v) is 3.15. The predicted octanol–water partition coefficient (Wildman–Crippen LogP) is 2.36. The molecule has 0 fully saturated rings. The largest absolute Gasteiger partial charge is 0.296 e. The number of nitro benzene ring substituents is 1. The summed E-state index contributed by atoms with van der Waals surface area (Å²) in [6, 6.07) is 7.71. The van der Waals surface area contributed by atoms with Crippen LogP contribution in [0.4, 0.5) is 5.69 Å². The van der Waals surface area contributed by atoms with Gasteiger partial charge in [0.2, 0.25) is 0 Å². The van der Waals surface area contributed by atoms with Gasteiger partial charge in [-0.3, -0.25) is 19.5 Å². The molecule has 0 bridgehead atoms. The molecule has 0 saturated heterocycles. The Morgan fingerprint density at radius 2 is 2.10 bits per heavy atom. The van der Waals surface area contributed by atoms with Crippen LogP contribution in [-0.4, -0.2) is 14.5 Å². The third-order valence-electron chi connectivity index (χ3n) is 2.96. The number of aryl methyl sites for hydroxylation is 2. The van der Waals surface area contributed by atoms with E-state index < -0.39 is 4.92 Å². The van der Waals surface area contributed by atoms with E-state index >= 15 is 0 Å². The molecule has 0 amide bonds. The molecule has 7 heteroatoms. The Bertz CT molecular complexity index is 712. The van der Waals surface area contributed by atoms with Crippen molar-refractivity contribution in [1.29, 1.82) is 0 Å². The summed E-state index contributed by atoms with van der Waals surface area (Å²) in [4.78, 5) is 26.3. The Balaban J connectivity index is 2.26.